The lowest BCUT2D eigenvalue weighted by Gasteiger charge is -2.48. The second-order valence-electron chi connectivity index (χ2n) is 7.53. The monoisotopic (exact) mass is 394 g/mol. The highest BCUT2D eigenvalue weighted by molar-refractivity contribution is 8.22. The maximum Gasteiger partial charge on any atom is 0.265 e. The highest BCUT2D eigenvalue weighted by Crippen LogP contribution is 2.52. The molecule has 148 valence electrons. The molecule has 0 bridgehead atoms. The standard InChI is InChI=1S/C18H26N4O4S/c19-20-17(23)12-6-7-13-11-21(18(24)14(13)10-12)15-4-1-2-5-16(15)22-8-3-9-27(22,25)26/h6-7,10,15-16,25-26H,1-5,8-9,11,19H2,(H,20,23)/t15-,16-/m1/s1. The molecule has 1 aliphatic carbocycles. The van der Waals surface area contributed by atoms with Gasteiger partial charge in [0.1, 0.15) is 0 Å². The number of nitrogen functional groups attached to an aromatic ring is 1. The van der Waals surface area contributed by atoms with E-state index in [-0.39, 0.29) is 18.0 Å². The van der Waals surface area contributed by atoms with Crippen LogP contribution in [-0.4, -0.2) is 54.5 Å². The van der Waals surface area contributed by atoms with Crippen molar-refractivity contribution in [3.63, 3.8) is 0 Å². The Hall–Kier alpha value is -1.65. The van der Waals surface area contributed by atoms with Gasteiger partial charge in [-0.25, -0.2) is 10.1 Å². The summed E-state index contributed by atoms with van der Waals surface area (Å²) in [7, 11) is -2.73. The summed E-state index contributed by atoms with van der Waals surface area (Å²) in [5.74, 6) is 5.10. The van der Waals surface area contributed by atoms with Crippen LogP contribution in [0.5, 0.6) is 0 Å². The highest BCUT2D eigenvalue weighted by Gasteiger charge is 2.44. The fourth-order valence-corrected chi connectivity index (χ4v) is 6.52. The van der Waals surface area contributed by atoms with E-state index in [9.17, 15) is 18.7 Å². The van der Waals surface area contributed by atoms with E-state index in [1.807, 2.05) is 9.21 Å². The van der Waals surface area contributed by atoms with Crippen molar-refractivity contribution in [2.24, 2.45) is 5.84 Å². The summed E-state index contributed by atoms with van der Waals surface area (Å²) in [4.78, 5) is 26.7. The molecule has 1 aromatic rings. The third-order valence-electron chi connectivity index (χ3n) is 5.97. The number of nitrogens with two attached hydrogens (primary N) is 1. The molecule has 4 rings (SSSR count). The molecule has 3 aliphatic rings. The first kappa shape index (κ1) is 18.7. The quantitative estimate of drug-likeness (QED) is 0.353. The van der Waals surface area contributed by atoms with Crippen molar-refractivity contribution in [1.29, 1.82) is 0 Å². The molecule has 0 radical (unpaired) electrons. The van der Waals surface area contributed by atoms with Crippen LogP contribution in [0.4, 0.5) is 0 Å². The van der Waals surface area contributed by atoms with Crippen LogP contribution in [0, 0.1) is 0 Å². The van der Waals surface area contributed by atoms with Gasteiger partial charge in [0, 0.05) is 36.3 Å². The first-order valence-corrected chi connectivity index (χ1v) is 11.1. The number of carbonyl (C=O) groups is 2. The molecular formula is C18H26N4O4S. The van der Waals surface area contributed by atoms with Crippen LogP contribution in [-0.2, 0) is 6.54 Å². The molecule has 2 fully saturated rings. The van der Waals surface area contributed by atoms with Gasteiger partial charge in [-0.15, -0.1) is 10.8 Å². The van der Waals surface area contributed by atoms with Gasteiger partial charge in [-0.05, 0) is 37.0 Å². The third kappa shape index (κ3) is 3.23. The highest BCUT2D eigenvalue weighted by atomic mass is 32.3. The van der Waals surface area contributed by atoms with Crippen molar-refractivity contribution in [3.05, 3.63) is 34.9 Å². The summed E-state index contributed by atoms with van der Waals surface area (Å²) in [5.41, 5.74) is 3.88. The van der Waals surface area contributed by atoms with Gasteiger partial charge < -0.3 is 4.90 Å². The summed E-state index contributed by atoms with van der Waals surface area (Å²) in [6, 6.07) is 5.00. The van der Waals surface area contributed by atoms with E-state index >= 15 is 0 Å². The molecule has 5 N–H and O–H groups in total. The summed E-state index contributed by atoms with van der Waals surface area (Å²) in [5, 5.41) is 0. The van der Waals surface area contributed by atoms with Gasteiger partial charge in [-0.2, -0.15) is 0 Å². The third-order valence-corrected chi connectivity index (χ3v) is 8.01. The minimum Gasteiger partial charge on any atom is -0.330 e. The summed E-state index contributed by atoms with van der Waals surface area (Å²) in [6.07, 6.45) is 4.55. The van der Waals surface area contributed by atoms with Crippen molar-refractivity contribution in [2.45, 2.75) is 50.7 Å². The van der Waals surface area contributed by atoms with E-state index in [1.54, 1.807) is 18.2 Å². The van der Waals surface area contributed by atoms with Crippen LogP contribution in [0.1, 0.15) is 58.4 Å². The second-order valence-corrected chi connectivity index (χ2v) is 9.67. The molecule has 8 nitrogen and oxygen atoms in total. The fourth-order valence-electron chi connectivity index (χ4n) is 4.67. The SMILES string of the molecule is NNC(=O)c1ccc2c(c1)C(=O)N([C@@H]1CCCC[C@H]1N1CCCS1(O)O)C2. The van der Waals surface area contributed by atoms with Gasteiger partial charge in [-0.3, -0.25) is 24.1 Å². The van der Waals surface area contributed by atoms with E-state index in [0.29, 0.717) is 30.0 Å². The second kappa shape index (κ2) is 7.06. The minimum atomic E-state index is -2.73. The van der Waals surface area contributed by atoms with Crippen molar-refractivity contribution in [3.8, 4) is 0 Å². The van der Waals surface area contributed by atoms with E-state index < -0.39 is 16.7 Å². The Morgan fingerprint density at radius 1 is 1.19 bits per heavy atom. The summed E-state index contributed by atoms with van der Waals surface area (Å²) >= 11 is 0. The fraction of sp³-hybridized carbons (Fsp3) is 0.556. The minimum absolute atomic E-state index is 0.0312. The van der Waals surface area contributed by atoms with Crippen LogP contribution in [0.15, 0.2) is 18.2 Å². The number of nitrogens with zero attached hydrogens (tertiary/aromatic N) is 2. The molecule has 2 aliphatic heterocycles. The number of fused-ring (bicyclic) bond motifs is 1. The van der Waals surface area contributed by atoms with Crippen molar-refractivity contribution in [1.82, 2.24) is 14.6 Å². The number of hydrogen-bond donors (Lipinski definition) is 4. The smallest absolute Gasteiger partial charge is 0.265 e. The normalized spacial score (nSPS) is 28.9. The molecule has 0 aromatic heterocycles. The number of carbonyl (C=O) groups excluding carboxylic acids is 2. The Bertz CT molecular complexity index is 772. The van der Waals surface area contributed by atoms with Gasteiger partial charge in [0.05, 0.1) is 5.75 Å². The number of benzene rings is 1. The molecule has 1 aromatic carbocycles. The maximum atomic E-state index is 13.1. The van der Waals surface area contributed by atoms with Crippen molar-refractivity contribution in [2.75, 3.05) is 12.3 Å². The molecule has 2 atom stereocenters. The molecular weight excluding hydrogens is 368 g/mol. The zero-order valence-electron chi connectivity index (χ0n) is 15.1. The molecule has 2 heterocycles. The molecule has 9 heteroatoms. The molecule has 0 spiro atoms. The predicted octanol–water partition coefficient (Wildman–Crippen LogP) is 1.93. The van der Waals surface area contributed by atoms with Gasteiger partial charge in [0.15, 0.2) is 0 Å². The first-order chi connectivity index (χ1) is 12.9. The number of rotatable bonds is 3. The van der Waals surface area contributed by atoms with Crippen LogP contribution in [0.3, 0.4) is 0 Å². The Kier molecular flexibility index (Phi) is 4.89. The molecule has 1 saturated carbocycles. The number of hydrogen-bond acceptors (Lipinski definition) is 6. The van der Waals surface area contributed by atoms with Gasteiger partial charge in [0.2, 0.25) is 0 Å². The maximum absolute atomic E-state index is 13.1. The van der Waals surface area contributed by atoms with Crippen molar-refractivity contribution >= 4 is 22.6 Å². The molecule has 2 amide bonds. The first-order valence-electron chi connectivity index (χ1n) is 9.40. The topological polar surface area (TPSA) is 119 Å². The average Bonchev–Trinajstić information content (AvgIpc) is 3.19. The van der Waals surface area contributed by atoms with E-state index in [2.05, 4.69) is 5.43 Å². The lowest BCUT2D eigenvalue weighted by atomic mass is 9.89. The van der Waals surface area contributed by atoms with E-state index in [1.165, 1.54) is 0 Å². The Morgan fingerprint density at radius 2 is 1.93 bits per heavy atom. The van der Waals surface area contributed by atoms with Gasteiger partial charge >= 0.3 is 0 Å². The molecule has 27 heavy (non-hydrogen) atoms. The predicted molar refractivity (Wildman–Crippen MR) is 103 cm³/mol. The lowest BCUT2D eigenvalue weighted by Crippen LogP contribution is -2.53. The summed E-state index contributed by atoms with van der Waals surface area (Å²) in [6.45, 7) is 1.16. The largest absolute Gasteiger partial charge is 0.330 e. The number of hydrazine groups is 1. The average molecular weight is 394 g/mol. The van der Waals surface area contributed by atoms with Crippen LogP contribution in [0.2, 0.25) is 0 Å². The zero-order valence-corrected chi connectivity index (χ0v) is 16.0. The Labute approximate surface area is 160 Å². The number of nitrogens with one attached hydrogen (secondary N) is 1. The van der Waals surface area contributed by atoms with Crippen LogP contribution < -0.4 is 11.3 Å². The number of amides is 2. The van der Waals surface area contributed by atoms with Crippen molar-refractivity contribution < 1.29 is 18.7 Å². The van der Waals surface area contributed by atoms with Gasteiger partial charge in [-0.1, -0.05) is 18.9 Å². The Morgan fingerprint density at radius 3 is 2.59 bits per heavy atom. The van der Waals surface area contributed by atoms with Gasteiger partial charge in [0.25, 0.3) is 11.8 Å². The lowest BCUT2D eigenvalue weighted by molar-refractivity contribution is 0.0521. The van der Waals surface area contributed by atoms with Crippen LogP contribution in [0.25, 0.3) is 0 Å². The zero-order chi connectivity index (χ0) is 19.2. The van der Waals surface area contributed by atoms with E-state index in [0.717, 1.165) is 37.7 Å². The van der Waals surface area contributed by atoms with Crippen LogP contribution >= 0.6 is 10.8 Å². The molecule has 1 saturated heterocycles. The summed E-state index contributed by atoms with van der Waals surface area (Å²) < 4.78 is 22.7. The molecule has 0 unspecified atom stereocenters. The Balaban J connectivity index is 1.60. The van der Waals surface area contributed by atoms with E-state index in [4.69, 9.17) is 5.84 Å².